The van der Waals surface area contributed by atoms with Crippen molar-refractivity contribution >= 4 is 5.97 Å². The van der Waals surface area contributed by atoms with Crippen molar-refractivity contribution in [1.29, 1.82) is 0 Å². The molecule has 4 nitrogen and oxygen atoms in total. The monoisotopic (exact) mass is 310 g/mol. The lowest BCUT2D eigenvalue weighted by Gasteiger charge is -2.44. The molecule has 1 atom stereocenters. The minimum Gasteiger partial charge on any atom is -0.481 e. The van der Waals surface area contributed by atoms with E-state index in [0.29, 0.717) is 6.04 Å². The van der Waals surface area contributed by atoms with Crippen LogP contribution in [0.3, 0.4) is 0 Å². The molecule has 2 fully saturated rings. The van der Waals surface area contributed by atoms with Crippen molar-refractivity contribution < 1.29 is 9.90 Å². The summed E-state index contributed by atoms with van der Waals surface area (Å²) in [6.07, 6.45) is 7.67. The quantitative estimate of drug-likeness (QED) is 0.791. The van der Waals surface area contributed by atoms with E-state index in [1.54, 1.807) is 0 Å². The summed E-state index contributed by atoms with van der Waals surface area (Å²) in [5.74, 6) is 0.134. The Morgan fingerprint density at radius 2 is 1.91 bits per heavy atom. The summed E-state index contributed by atoms with van der Waals surface area (Å²) in [4.78, 5) is 13.7. The van der Waals surface area contributed by atoms with Gasteiger partial charge in [-0.25, -0.2) is 0 Å². The number of likely N-dealkylation sites (tertiary alicyclic amines) is 1. The second-order valence-corrected chi connectivity index (χ2v) is 7.94. The van der Waals surface area contributed by atoms with Gasteiger partial charge >= 0.3 is 5.97 Å². The molecule has 0 aromatic heterocycles. The molecule has 2 rings (SSSR count). The van der Waals surface area contributed by atoms with Crippen LogP contribution in [0, 0.1) is 11.8 Å². The van der Waals surface area contributed by atoms with Gasteiger partial charge in [-0.3, -0.25) is 9.69 Å². The minimum atomic E-state index is -0.613. The summed E-state index contributed by atoms with van der Waals surface area (Å²) in [7, 11) is 0. The Labute approximate surface area is 135 Å². The van der Waals surface area contributed by atoms with Gasteiger partial charge in [0.25, 0.3) is 0 Å². The number of hydrogen-bond acceptors (Lipinski definition) is 3. The normalized spacial score (nSPS) is 31.1. The fourth-order valence-electron chi connectivity index (χ4n) is 4.00. The Morgan fingerprint density at radius 1 is 1.23 bits per heavy atom. The average molecular weight is 310 g/mol. The maximum absolute atomic E-state index is 11.0. The van der Waals surface area contributed by atoms with Crippen molar-refractivity contribution in [3.05, 3.63) is 0 Å². The van der Waals surface area contributed by atoms with Crippen LogP contribution in [0.15, 0.2) is 0 Å². The number of nitrogens with one attached hydrogen (secondary N) is 1. The Hall–Kier alpha value is -0.610. The molecule has 1 heterocycles. The van der Waals surface area contributed by atoms with E-state index >= 15 is 0 Å². The first kappa shape index (κ1) is 17.7. The molecule has 1 unspecified atom stereocenters. The van der Waals surface area contributed by atoms with Gasteiger partial charge in [-0.2, -0.15) is 0 Å². The van der Waals surface area contributed by atoms with Gasteiger partial charge in [0.05, 0.1) is 5.92 Å². The first-order valence-corrected chi connectivity index (χ1v) is 9.13. The molecule has 0 aromatic rings. The van der Waals surface area contributed by atoms with E-state index in [1.807, 2.05) is 0 Å². The standard InChI is InChI=1S/C18H34N2O2/c1-4-14-6-5-11-20(12-14)18(2,3)13-19-16-9-7-15(8-10-16)17(21)22/h14-16,19H,4-13H2,1-3H3,(H,21,22). The van der Waals surface area contributed by atoms with E-state index in [4.69, 9.17) is 5.11 Å². The Kier molecular flexibility index (Phi) is 6.27. The molecule has 1 saturated heterocycles. The first-order chi connectivity index (χ1) is 10.4. The fourth-order valence-corrected chi connectivity index (χ4v) is 4.00. The third-order valence-electron chi connectivity index (χ3n) is 5.85. The second kappa shape index (κ2) is 7.78. The molecular weight excluding hydrogens is 276 g/mol. The molecule has 2 aliphatic rings. The summed E-state index contributed by atoms with van der Waals surface area (Å²) in [5, 5.41) is 12.8. The minimum absolute atomic E-state index is 0.113. The smallest absolute Gasteiger partial charge is 0.306 e. The topological polar surface area (TPSA) is 52.6 Å². The maximum atomic E-state index is 11.0. The molecular formula is C18H34N2O2. The molecule has 0 spiro atoms. The van der Waals surface area contributed by atoms with Crippen molar-refractivity contribution in [2.75, 3.05) is 19.6 Å². The Bertz CT molecular complexity index is 362. The van der Waals surface area contributed by atoms with Gasteiger partial charge in [0.15, 0.2) is 0 Å². The van der Waals surface area contributed by atoms with Crippen LogP contribution in [-0.4, -0.2) is 47.2 Å². The number of carbonyl (C=O) groups is 1. The van der Waals surface area contributed by atoms with E-state index in [1.165, 1.54) is 32.4 Å². The predicted molar refractivity (Wildman–Crippen MR) is 90.1 cm³/mol. The Morgan fingerprint density at radius 3 is 2.50 bits per heavy atom. The first-order valence-electron chi connectivity index (χ1n) is 9.13. The van der Waals surface area contributed by atoms with Crippen LogP contribution in [0.1, 0.15) is 65.7 Å². The summed E-state index contributed by atoms with van der Waals surface area (Å²) in [6.45, 7) is 10.5. The van der Waals surface area contributed by atoms with Crippen molar-refractivity contribution in [2.45, 2.75) is 77.3 Å². The predicted octanol–water partition coefficient (Wildman–Crippen LogP) is 3.12. The highest BCUT2D eigenvalue weighted by atomic mass is 16.4. The van der Waals surface area contributed by atoms with Gasteiger partial charge in [-0.05, 0) is 64.8 Å². The highest BCUT2D eigenvalue weighted by molar-refractivity contribution is 5.70. The number of piperidine rings is 1. The van der Waals surface area contributed by atoms with Crippen molar-refractivity contribution in [2.24, 2.45) is 11.8 Å². The van der Waals surface area contributed by atoms with E-state index < -0.39 is 5.97 Å². The largest absolute Gasteiger partial charge is 0.481 e. The number of hydrogen-bond donors (Lipinski definition) is 2. The fraction of sp³-hybridized carbons (Fsp3) is 0.944. The van der Waals surface area contributed by atoms with Gasteiger partial charge in [-0.1, -0.05) is 13.3 Å². The van der Waals surface area contributed by atoms with Crippen LogP contribution < -0.4 is 5.32 Å². The number of carboxylic acids is 1. The summed E-state index contributed by atoms with van der Waals surface area (Å²) >= 11 is 0. The number of nitrogens with zero attached hydrogens (tertiary/aromatic N) is 1. The van der Waals surface area contributed by atoms with Crippen molar-refractivity contribution in [3.8, 4) is 0 Å². The van der Waals surface area contributed by atoms with Crippen molar-refractivity contribution in [3.63, 3.8) is 0 Å². The van der Waals surface area contributed by atoms with Crippen LogP contribution in [0.25, 0.3) is 0 Å². The maximum Gasteiger partial charge on any atom is 0.306 e. The summed E-state index contributed by atoms with van der Waals surface area (Å²) < 4.78 is 0. The highest BCUT2D eigenvalue weighted by Crippen LogP contribution is 2.27. The molecule has 1 aliphatic heterocycles. The molecule has 0 aromatic carbocycles. The van der Waals surface area contributed by atoms with Crippen molar-refractivity contribution in [1.82, 2.24) is 10.2 Å². The van der Waals surface area contributed by atoms with E-state index in [0.717, 1.165) is 38.1 Å². The van der Waals surface area contributed by atoms with Crippen LogP contribution in [0.2, 0.25) is 0 Å². The zero-order chi connectivity index (χ0) is 16.2. The van der Waals surface area contributed by atoms with Crippen LogP contribution >= 0.6 is 0 Å². The molecule has 1 saturated carbocycles. The van der Waals surface area contributed by atoms with Gasteiger partial charge in [-0.15, -0.1) is 0 Å². The average Bonchev–Trinajstić information content (AvgIpc) is 2.53. The van der Waals surface area contributed by atoms with Gasteiger partial charge in [0.1, 0.15) is 0 Å². The second-order valence-electron chi connectivity index (χ2n) is 7.94. The molecule has 0 radical (unpaired) electrons. The molecule has 0 bridgehead atoms. The van der Waals surface area contributed by atoms with Gasteiger partial charge < -0.3 is 10.4 Å². The van der Waals surface area contributed by atoms with Crippen LogP contribution in [-0.2, 0) is 4.79 Å². The van der Waals surface area contributed by atoms with Crippen LogP contribution in [0.4, 0.5) is 0 Å². The van der Waals surface area contributed by atoms with E-state index in [2.05, 4.69) is 31.0 Å². The summed E-state index contributed by atoms with van der Waals surface area (Å²) in [5.41, 5.74) is 0.192. The number of carboxylic acid groups (broad SMARTS) is 1. The SMILES string of the molecule is CCC1CCCN(C(C)(C)CNC2CCC(C(=O)O)CC2)C1. The lowest BCUT2D eigenvalue weighted by Crippen LogP contribution is -2.55. The molecule has 1 aliphatic carbocycles. The van der Waals surface area contributed by atoms with Gasteiger partial charge in [0, 0.05) is 24.7 Å². The third-order valence-corrected chi connectivity index (χ3v) is 5.85. The van der Waals surface area contributed by atoms with E-state index in [-0.39, 0.29) is 11.5 Å². The molecule has 22 heavy (non-hydrogen) atoms. The molecule has 0 amide bonds. The third kappa shape index (κ3) is 4.69. The number of rotatable bonds is 6. The molecule has 2 N–H and O–H groups in total. The van der Waals surface area contributed by atoms with Crippen LogP contribution in [0.5, 0.6) is 0 Å². The zero-order valence-electron chi connectivity index (χ0n) is 14.6. The lowest BCUT2D eigenvalue weighted by atomic mass is 9.85. The molecule has 4 heteroatoms. The molecule has 128 valence electrons. The zero-order valence-corrected chi connectivity index (χ0v) is 14.6. The Balaban J connectivity index is 1.76. The number of aliphatic carboxylic acids is 1. The lowest BCUT2D eigenvalue weighted by molar-refractivity contribution is -0.142. The summed E-state index contributed by atoms with van der Waals surface area (Å²) in [6, 6.07) is 0.502. The van der Waals surface area contributed by atoms with Gasteiger partial charge in [0.2, 0.25) is 0 Å². The van der Waals surface area contributed by atoms with E-state index in [9.17, 15) is 4.79 Å². The highest BCUT2D eigenvalue weighted by Gasteiger charge is 2.32.